The summed E-state index contributed by atoms with van der Waals surface area (Å²) < 4.78 is 5.44. The van der Waals surface area contributed by atoms with Gasteiger partial charge in [-0.15, -0.1) is 0 Å². The molecule has 22 heavy (non-hydrogen) atoms. The molecule has 0 aromatic rings. The van der Waals surface area contributed by atoms with Gasteiger partial charge in [0.05, 0.1) is 5.92 Å². The third-order valence-electron chi connectivity index (χ3n) is 4.55. The van der Waals surface area contributed by atoms with Gasteiger partial charge in [0.15, 0.2) is 0 Å². The van der Waals surface area contributed by atoms with Crippen molar-refractivity contribution in [3.8, 4) is 0 Å². The highest BCUT2D eigenvalue weighted by molar-refractivity contribution is 5.80. The first-order chi connectivity index (χ1) is 10.3. The minimum atomic E-state index is -0.490. The standard InChI is InChI=1S/C17H30N2O3/c1-5-14-9-7-11-19(14)15(20)13-8-6-10-18(12-13)16(21)22-17(2,3)4/h13-14H,5-12H2,1-4H3. The van der Waals surface area contributed by atoms with Crippen LogP contribution in [-0.4, -0.2) is 53.1 Å². The molecule has 0 aromatic carbocycles. The first-order valence-corrected chi connectivity index (χ1v) is 8.60. The van der Waals surface area contributed by atoms with Gasteiger partial charge < -0.3 is 14.5 Å². The molecule has 0 aromatic heterocycles. The minimum absolute atomic E-state index is 0.0616. The van der Waals surface area contributed by atoms with Crippen LogP contribution in [0.2, 0.25) is 0 Å². The predicted octanol–water partition coefficient (Wildman–Crippen LogP) is 3.03. The lowest BCUT2D eigenvalue weighted by Gasteiger charge is -2.36. The first kappa shape index (κ1) is 17.1. The molecule has 2 amide bonds. The SMILES string of the molecule is CCC1CCCN1C(=O)C1CCCN(C(=O)OC(C)(C)C)C1. The smallest absolute Gasteiger partial charge is 0.410 e. The fourth-order valence-electron chi connectivity index (χ4n) is 3.46. The van der Waals surface area contributed by atoms with E-state index in [0.717, 1.165) is 38.6 Å². The number of carbonyl (C=O) groups excluding carboxylic acids is 2. The molecule has 2 saturated heterocycles. The third-order valence-corrected chi connectivity index (χ3v) is 4.55. The van der Waals surface area contributed by atoms with E-state index in [1.54, 1.807) is 4.90 Å². The maximum absolute atomic E-state index is 12.8. The zero-order valence-corrected chi connectivity index (χ0v) is 14.4. The van der Waals surface area contributed by atoms with Crippen molar-refractivity contribution in [2.75, 3.05) is 19.6 Å². The van der Waals surface area contributed by atoms with Gasteiger partial charge in [0.2, 0.25) is 5.91 Å². The van der Waals surface area contributed by atoms with Gasteiger partial charge in [-0.25, -0.2) is 4.79 Å². The van der Waals surface area contributed by atoms with Gasteiger partial charge in [0, 0.05) is 25.7 Å². The van der Waals surface area contributed by atoms with Crippen LogP contribution in [0, 0.1) is 5.92 Å². The second-order valence-corrected chi connectivity index (χ2v) is 7.50. The van der Waals surface area contributed by atoms with Crippen LogP contribution >= 0.6 is 0 Å². The number of likely N-dealkylation sites (tertiary alicyclic amines) is 2. The zero-order chi connectivity index (χ0) is 16.3. The summed E-state index contributed by atoms with van der Waals surface area (Å²) in [4.78, 5) is 28.7. The van der Waals surface area contributed by atoms with E-state index >= 15 is 0 Å². The summed E-state index contributed by atoms with van der Waals surface area (Å²) >= 11 is 0. The highest BCUT2D eigenvalue weighted by atomic mass is 16.6. The molecule has 0 bridgehead atoms. The van der Waals surface area contributed by atoms with Gasteiger partial charge in [-0.05, 0) is 52.9 Å². The van der Waals surface area contributed by atoms with E-state index < -0.39 is 5.60 Å². The highest BCUT2D eigenvalue weighted by Gasteiger charge is 2.36. The lowest BCUT2D eigenvalue weighted by Crippen LogP contribution is -2.48. The molecule has 0 spiro atoms. The van der Waals surface area contributed by atoms with Crippen molar-refractivity contribution in [1.29, 1.82) is 0 Å². The van der Waals surface area contributed by atoms with Gasteiger partial charge >= 0.3 is 6.09 Å². The molecular formula is C17H30N2O3. The summed E-state index contributed by atoms with van der Waals surface area (Å²) in [6.45, 7) is 9.82. The van der Waals surface area contributed by atoms with Crippen LogP contribution in [0.1, 0.15) is 59.8 Å². The number of carbonyl (C=O) groups is 2. The van der Waals surface area contributed by atoms with Crippen LogP contribution in [0.5, 0.6) is 0 Å². The van der Waals surface area contributed by atoms with Crippen molar-refractivity contribution in [1.82, 2.24) is 9.80 Å². The number of amides is 2. The molecule has 2 aliphatic heterocycles. The highest BCUT2D eigenvalue weighted by Crippen LogP contribution is 2.26. The van der Waals surface area contributed by atoms with Crippen molar-refractivity contribution < 1.29 is 14.3 Å². The van der Waals surface area contributed by atoms with Crippen LogP contribution in [0.15, 0.2) is 0 Å². The summed E-state index contributed by atoms with van der Waals surface area (Å²) in [5.41, 5.74) is -0.490. The van der Waals surface area contributed by atoms with Gasteiger partial charge in [-0.2, -0.15) is 0 Å². The first-order valence-electron chi connectivity index (χ1n) is 8.60. The molecule has 0 N–H and O–H groups in total. The minimum Gasteiger partial charge on any atom is -0.444 e. The molecule has 0 saturated carbocycles. The number of piperidine rings is 1. The lowest BCUT2D eigenvalue weighted by atomic mass is 9.96. The van der Waals surface area contributed by atoms with E-state index in [4.69, 9.17) is 4.74 Å². The molecule has 0 aliphatic carbocycles. The van der Waals surface area contributed by atoms with Crippen molar-refractivity contribution in [2.24, 2.45) is 5.92 Å². The molecule has 2 aliphatic rings. The van der Waals surface area contributed by atoms with E-state index in [1.165, 1.54) is 0 Å². The van der Waals surface area contributed by atoms with Crippen molar-refractivity contribution in [2.45, 2.75) is 71.4 Å². The van der Waals surface area contributed by atoms with E-state index in [2.05, 4.69) is 6.92 Å². The molecule has 0 radical (unpaired) electrons. The van der Waals surface area contributed by atoms with E-state index in [-0.39, 0.29) is 17.9 Å². The van der Waals surface area contributed by atoms with Crippen LogP contribution in [0.4, 0.5) is 4.79 Å². The van der Waals surface area contributed by atoms with E-state index in [0.29, 0.717) is 19.1 Å². The van der Waals surface area contributed by atoms with E-state index in [9.17, 15) is 9.59 Å². The Morgan fingerprint density at radius 1 is 1.14 bits per heavy atom. The van der Waals surface area contributed by atoms with Crippen molar-refractivity contribution >= 4 is 12.0 Å². The topological polar surface area (TPSA) is 49.9 Å². The summed E-state index contributed by atoms with van der Waals surface area (Å²) in [5.74, 6) is 0.172. The third kappa shape index (κ3) is 4.14. The number of hydrogen-bond donors (Lipinski definition) is 0. The molecule has 2 atom stereocenters. The maximum Gasteiger partial charge on any atom is 0.410 e. The van der Waals surface area contributed by atoms with Crippen LogP contribution in [-0.2, 0) is 9.53 Å². The average Bonchev–Trinajstić information content (AvgIpc) is 2.93. The Balaban J connectivity index is 1.95. The Hall–Kier alpha value is -1.26. The monoisotopic (exact) mass is 310 g/mol. The Labute approximate surface area is 134 Å². The quantitative estimate of drug-likeness (QED) is 0.787. The molecule has 5 nitrogen and oxygen atoms in total. The van der Waals surface area contributed by atoms with Gasteiger partial charge in [-0.3, -0.25) is 4.79 Å². The fraction of sp³-hybridized carbons (Fsp3) is 0.882. The van der Waals surface area contributed by atoms with Gasteiger partial charge in [0.1, 0.15) is 5.60 Å². The van der Waals surface area contributed by atoms with Crippen LogP contribution in [0.25, 0.3) is 0 Å². The normalized spacial score (nSPS) is 26.2. The molecule has 2 unspecified atom stereocenters. The van der Waals surface area contributed by atoms with Gasteiger partial charge in [-0.1, -0.05) is 6.92 Å². The van der Waals surface area contributed by atoms with Crippen molar-refractivity contribution in [3.05, 3.63) is 0 Å². The largest absolute Gasteiger partial charge is 0.444 e. The summed E-state index contributed by atoms with van der Waals surface area (Å²) in [6.07, 6.45) is 4.70. The maximum atomic E-state index is 12.8. The number of nitrogens with zero attached hydrogens (tertiary/aromatic N) is 2. The Morgan fingerprint density at radius 2 is 1.82 bits per heavy atom. The fourth-order valence-corrected chi connectivity index (χ4v) is 3.46. The predicted molar refractivity (Wildman–Crippen MR) is 85.6 cm³/mol. The Kier molecular flexibility index (Phi) is 5.35. The second-order valence-electron chi connectivity index (χ2n) is 7.50. The van der Waals surface area contributed by atoms with E-state index in [1.807, 2.05) is 25.7 Å². The van der Waals surface area contributed by atoms with Gasteiger partial charge in [0.25, 0.3) is 0 Å². The molecule has 2 heterocycles. The summed E-state index contributed by atoms with van der Waals surface area (Å²) in [5, 5.41) is 0. The molecule has 5 heteroatoms. The molecule has 126 valence electrons. The van der Waals surface area contributed by atoms with Crippen molar-refractivity contribution in [3.63, 3.8) is 0 Å². The summed E-state index contributed by atoms with van der Waals surface area (Å²) in [7, 11) is 0. The molecular weight excluding hydrogens is 280 g/mol. The number of ether oxygens (including phenoxy) is 1. The lowest BCUT2D eigenvalue weighted by molar-refractivity contribution is -0.138. The Morgan fingerprint density at radius 3 is 2.45 bits per heavy atom. The van der Waals surface area contributed by atoms with Crippen LogP contribution < -0.4 is 0 Å². The van der Waals surface area contributed by atoms with Crippen LogP contribution in [0.3, 0.4) is 0 Å². The molecule has 2 rings (SSSR count). The number of hydrogen-bond acceptors (Lipinski definition) is 3. The number of rotatable bonds is 2. The summed E-state index contributed by atoms with van der Waals surface area (Å²) in [6, 6.07) is 0.393. The second kappa shape index (κ2) is 6.88. The average molecular weight is 310 g/mol. The zero-order valence-electron chi connectivity index (χ0n) is 14.4. The molecule has 2 fully saturated rings. The Bertz CT molecular complexity index is 417.